The summed E-state index contributed by atoms with van der Waals surface area (Å²) in [6.45, 7) is 10.2. The Bertz CT molecular complexity index is 217. The second-order valence-corrected chi connectivity index (χ2v) is 5.94. The van der Waals surface area contributed by atoms with Crippen molar-refractivity contribution in [2.24, 2.45) is 11.8 Å². The predicted molar refractivity (Wildman–Crippen MR) is 73.2 cm³/mol. The lowest BCUT2D eigenvalue weighted by atomic mass is 9.87. The number of hydrogen-bond acceptors (Lipinski definition) is 2. The number of likely N-dealkylation sites (tertiary alicyclic amines) is 1. The molecule has 0 aliphatic carbocycles. The summed E-state index contributed by atoms with van der Waals surface area (Å²) in [6, 6.07) is 0. The zero-order chi connectivity index (χ0) is 12.7. The van der Waals surface area contributed by atoms with E-state index in [1.54, 1.807) is 6.92 Å². The van der Waals surface area contributed by atoms with Crippen molar-refractivity contribution in [3.8, 4) is 0 Å². The zero-order valence-corrected chi connectivity index (χ0v) is 11.9. The van der Waals surface area contributed by atoms with Crippen molar-refractivity contribution in [1.29, 1.82) is 0 Å². The molecule has 1 fully saturated rings. The molecule has 1 heterocycles. The first kappa shape index (κ1) is 14.7. The van der Waals surface area contributed by atoms with Crippen molar-refractivity contribution in [1.82, 2.24) is 4.90 Å². The standard InChI is InChI=1S/C15H29NO/c1-13(2)15-8-11-16(12-9-15)10-6-4-5-7-14(3)17/h13,15H,4-12H2,1-3H3. The molecule has 0 aromatic carbocycles. The van der Waals surface area contributed by atoms with E-state index in [-0.39, 0.29) is 0 Å². The molecule has 17 heavy (non-hydrogen) atoms. The van der Waals surface area contributed by atoms with E-state index >= 15 is 0 Å². The fourth-order valence-corrected chi connectivity index (χ4v) is 2.73. The van der Waals surface area contributed by atoms with Crippen LogP contribution in [0.4, 0.5) is 0 Å². The van der Waals surface area contributed by atoms with E-state index in [4.69, 9.17) is 0 Å². The van der Waals surface area contributed by atoms with Crippen molar-refractivity contribution in [3.05, 3.63) is 0 Å². The molecular formula is C15H29NO. The third-order valence-corrected chi connectivity index (χ3v) is 4.08. The van der Waals surface area contributed by atoms with E-state index in [1.807, 2.05) is 0 Å². The van der Waals surface area contributed by atoms with Crippen LogP contribution >= 0.6 is 0 Å². The Hall–Kier alpha value is -0.370. The van der Waals surface area contributed by atoms with Crippen LogP contribution in [-0.4, -0.2) is 30.3 Å². The fourth-order valence-electron chi connectivity index (χ4n) is 2.73. The molecule has 0 saturated carbocycles. The van der Waals surface area contributed by atoms with Crippen LogP contribution in [-0.2, 0) is 4.79 Å². The second-order valence-electron chi connectivity index (χ2n) is 5.94. The largest absolute Gasteiger partial charge is 0.303 e. The third-order valence-electron chi connectivity index (χ3n) is 4.08. The summed E-state index contributed by atoms with van der Waals surface area (Å²) in [5.41, 5.74) is 0. The lowest BCUT2D eigenvalue weighted by molar-refractivity contribution is -0.117. The first-order valence-electron chi connectivity index (χ1n) is 7.31. The molecular weight excluding hydrogens is 210 g/mol. The minimum absolute atomic E-state index is 0.336. The van der Waals surface area contributed by atoms with E-state index in [2.05, 4.69) is 18.7 Å². The predicted octanol–water partition coefficient (Wildman–Crippen LogP) is 3.50. The molecule has 100 valence electrons. The summed E-state index contributed by atoms with van der Waals surface area (Å²) < 4.78 is 0. The third kappa shape index (κ3) is 6.21. The Morgan fingerprint density at radius 3 is 2.35 bits per heavy atom. The molecule has 2 nitrogen and oxygen atoms in total. The van der Waals surface area contributed by atoms with Gasteiger partial charge in [-0.25, -0.2) is 0 Å². The molecule has 1 aliphatic rings. The van der Waals surface area contributed by atoms with Gasteiger partial charge in [-0.3, -0.25) is 0 Å². The molecule has 0 N–H and O–H groups in total. The van der Waals surface area contributed by atoms with Crippen LogP contribution in [0.3, 0.4) is 0 Å². The van der Waals surface area contributed by atoms with Gasteiger partial charge in [0.25, 0.3) is 0 Å². The number of hydrogen-bond donors (Lipinski definition) is 0. The van der Waals surface area contributed by atoms with Crippen LogP contribution in [0.2, 0.25) is 0 Å². The molecule has 0 spiro atoms. The molecule has 0 bridgehead atoms. The molecule has 0 radical (unpaired) electrons. The van der Waals surface area contributed by atoms with Crippen LogP contribution in [0.25, 0.3) is 0 Å². The van der Waals surface area contributed by atoms with Crippen LogP contribution in [0.5, 0.6) is 0 Å². The second kappa shape index (κ2) is 7.86. The van der Waals surface area contributed by atoms with Gasteiger partial charge < -0.3 is 9.69 Å². The van der Waals surface area contributed by atoms with Crippen molar-refractivity contribution < 1.29 is 4.79 Å². The Morgan fingerprint density at radius 1 is 1.18 bits per heavy atom. The SMILES string of the molecule is CC(=O)CCCCCN1CCC(C(C)C)CC1. The summed E-state index contributed by atoms with van der Waals surface area (Å²) in [7, 11) is 0. The molecule has 0 aromatic heterocycles. The summed E-state index contributed by atoms with van der Waals surface area (Å²) >= 11 is 0. The Balaban J connectivity index is 2.01. The maximum Gasteiger partial charge on any atom is 0.129 e. The number of carbonyl (C=O) groups excluding carboxylic acids is 1. The van der Waals surface area contributed by atoms with Gasteiger partial charge in [0, 0.05) is 6.42 Å². The van der Waals surface area contributed by atoms with Crippen molar-refractivity contribution >= 4 is 5.78 Å². The number of unbranched alkanes of at least 4 members (excludes halogenated alkanes) is 2. The average molecular weight is 239 g/mol. The Labute approximate surface area is 107 Å². The molecule has 0 atom stereocenters. The quantitative estimate of drug-likeness (QED) is 0.634. The molecule has 0 amide bonds. The van der Waals surface area contributed by atoms with Crippen LogP contribution < -0.4 is 0 Å². The topological polar surface area (TPSA) is 20.3 Å². The van der Waals surface area contributed by atoms with Gasteiger partial charge in [-0.05, 0) is 64.1 Å². The van der Waals surface area contributed by atoms with Gasteiger partial charge in [-0.15, -0.1) is 0 Å². The van der Waals surface area contributed by atoms with Gasteiger partial charge in [0.15, 0.2) is 0 Å². The zero-order valence-electron chi connectivity index (χ0n) is 11.9. The normalized spacial score (nSPS) is 18.8. The van der Waals surface area contributed by atoms with Gasteiger partial charge in [0.1, 0.15) is 5.78 Å². The highest BCUT2D eigenvalue weighted by Gasteiger charge is 2.20. The maximum atomic E-state index is 10.8. The minimum Gasteiger partial charge on any atom is -0.303 e. The number of piperidine rings is 1. The van der Waals surface area contributed by atoms with E-state index in [1.165, 1.54) is 45.3 Å². The van der Waals surface area contributed by atoms with E-state index in [0.29, 0.717) is 5.78 Å². The summed E-state index contributed by atoms with van der Waals surface area (Å²) in [4.78, 5) is 13.4. The molecule has 2 heteroatoms. The van der Waals surface area contributed by atoms with E-state index < -0.39 is 0 Å². The van der Waals surface area contributed by atoms with Gasteiger partial charge in [0.05, 0.1) is 0 Å². The highest BCUT2D eigenvalue weighted by molar-refractivity contribution is 5.75. The number of rotatable bonds is 7. The highest BCUT2D eigenvalue weighted by Crippen LogP contribution is 2.24. The van der Waals surface area contributed by atoms with Crippen molar-refractivity contribution in [2.75, 3.05) is 19.6 Å². The van der Waals surface area contributed by atoms with Crippen molar-refractivity contribution in [2.45, 2.75) is 59.3 Å². The maximum absolute atomic E-state index is 10.8. The molecule has 1 aliphatic heterocycles. The lowest BCUT2D eigenvalue weighted by Crippen LogP contribution is -2.35. The molecule has 1 rings (SSSR count). The van der Waals surface area contributed by atoms with E-state index in [9.17, 15) is 4.79 Å². The highest BCUT2D eigenvalue weighted by atomic mass is 16.1. The first-order chi connectivity index (χ1) is 8.09. The first-order valence-corrected chi connectivity index (χ1v) is 7.31. The minimum atomic E-state index is 0.336. The van der Waals surface area contributed by atoms with Crippen LogP contribution in [0.1, 0.15) is 59.3 Å². The number of ketones is 1. The van der Waals surface area contributed by atoms with Gasteiger partial charge in [-0.2, -0.15) is 0 Å². The van der Waals surface area contributed by atoms with Crippen LogP contribution in [0, 0.1) is 11.8 Å². The molecule has 0 aromatic rings. The number of nitrogens with zero attached hydrogens (tertiary/aromatic N) is 1. The smallest absolute Gasteiger partial charge is 0.129 e. The van der Waals surface area contributed by atoms with Gasteiger partial charge in [0.2, 0.25) is 0 Å². The summed E-state index contributed by atoms with van der Waals surface area (Å²) in [5.74, 6) is 2.14. The van der Waals surface area contributed by atoms with Crippen molar-refractivity contribution in [3.63, 3.8) is 0 Å². The molecule has 1 saturated heterocycles. The monoisotopic (exact) mass is 239 g/mol. The number of Topliss-reactive ketones (excluding diaryl/α,β-unsaturated/α-hetero) is 1. The summed E-state index contributed by atoms with van der Waals surface area (Å²) in [6.07, 6.45) is 7.09. The fraction of sp³-hybridized carbons (Fsp3) is 0.933. The Morgan fingerprint density at radius 2 is 1.82 bits per heavy atom. The number of carbonyl (C=O) groups is 1. The van der Waals surface area contributed by atoms with Gasteiger partial charge in [-0.1, -0.05) is 20.3 Å². The Kier molecular flexibility index (Phi) is 6.79. The van der Waals surface area contributed by atoms with Gasteiger partial charge >= 0.3 is 0 Å². The average Bonchev–Trinajstić information content (AvgIpc) is 2.29. The summed E-state index contributed by atoms with van der Waals surface area (Å²) in [5, 5.41) is 0. The van der Waals surface area contributed by atoms with Crippen LogP contribution in [0.15, 0.2) is 0 Å². The lowest BCUT2D eigenvalue weighted by Gasteiger charge is -2.33. The molecule has 0 unspecified atom stereocenters. The van der Waals surface area contributed by atoms with E-state index in [0.717, 1.165) is 24.7 Å².